The molecule has 1 fully saturated rings. The first kappa shape index (κ1) is 16.1. The molecular weight excluding hydrogens is 288 g/mol. The lowest BCUT2D eigenvalue weighted by atomic mass is 9.92. The Balaban J connectivity index is 1.92. The number of ether oxygens (including phenoxy) is 1. The fourth-order valence-electron chi connectivity index (χ4n) is 2.75. The Labute approximate surface area is 131 Å². The van der Waals surface area contributed by atoms with Gasteiger partial charge in [-0.25, -0.2) is 0 Å². The van der Waals surface area contributed by atoms with Crippen LogP contribution in [0.2, 0.25) is 5.02 Å². The Kier molecular flexibility index (Phi) is 5.12. The molecule has 21 heavy (non-hydrogen) atoms. The van der Waals surface area contributed by atoms with Gasteiger partial charge in [-0.1, -0.05) is 23.7 Å². The Hall–Kier alpha value is -1.26. The van der Waals surface area contributed by atoms with E-state index in [0.29, 0.717) is 0 Å². The summed E-state index contributed by atoms with van der Waals surface area (Å²) in [6.45, 7) is 8.26. The third kappa shape index (κ3) is 3.89. The summed E-state index contributed by atoms with van der Waals surface area (Å²) in [5, 5.41) is 0.792. The zero-order valence-electron chi connectivity index (χ0n) is 12.9. The van der Waals surface area contributed by atoms with Crippen LogP contribution in [0.1, 0.15) is 13.8 Å². The molecule has 0 aliphatic carbocycles. The van der Waals surface area contributed by atoms with Gasteiger partial charge < -0.3 is 9.64 Å². The number of rotatable bonds is 4. The molecule has 0 bridgehead atoms. The lowest BCUT2D eigenvalue weighted by molar-refractivity contribution is -0.151. The van der Waals surface area contributed by atoms with E-state index in [-0.39, 0.29) is 5.97 Å². The van der Waals surface area contributed by atoms with Crippen LogP contribution in [0, 0.1) is 5.41 Å². The highest BCUT2D eigenvalue weighted by Gasteiger charge is 2.32. The van der Waals surface area contributed by atoms with Gasteiger partial charge in [0.25, 0.3) is 0 Å². The maximum atomic E-state index is 11.8. The first-order valence-electron chi connectivity index (χ1n) is 7.24. The highest BCUT2D eigenvalue weighted by atomic mass is 35.5. The van der Waals surface area contributed by atoms with Gasteiger partial charge in [-0.2, -0.15) is 0 Å². The van der Waals surface area contributed by atoms with Crippen LogP contribution in [-0.4, -0.2) is 50.7 Å². The molecule has 0 N–H and O–H groups in total. The number of anilines is 1. The number of carbonyl (C=O) groups excluding carboxylic acids is 1. The van der Waals surface area contributed by atoms with Gasteiger partial charge >= 0.3 is 5.97 Å². The number of benzene rings is 1. The Morgan fingerprint density at radius 3 is 2.43 bits per heavy atom. The fourth-order valence-corrected chi connectivity index (χ4v) is 3.01. The molecule has 1 aliphatic heterocycles. The summed E-state index contributed by atoms with van der Waals surface area (Å²) in [5.74, 6) is -0.156. The van der Waals surface area contributed by atoms with Crippen molar-refractivity contribution >= 4 is 23.3 Å². The van der Waals surface area contributed by atoms with Crippen molar-refractivity contribution in [3.8, 4) is 0 Å². The number of nitrogens with zero attached hydrogens (tertiary/aromatic N) is 2. The molecule has 1 aliphatic rings. The second-order valence-corrected chi connectivity index (χ2v) is 6.50. The zero-order chi connectivity index (χ0) is 15.5. The minimum atomic E-state index is -0.471. The molecule has 0 aromatic heterocycles. The first-order chi connectivity index (χ1) is 9.94. The molecule has 0 saturated carbocycles. The molecule has 2 rings (SSSR count). The van der Waals surface area contributed by atoms with Crippen LogP contribution in [0.5, 0.6) is 0 Å². The van der Waals surface area contributed by atoms with Crippen LogP contribution in [-0.2, 0) is 9.53 Å². The van der Waals surface area contributed by atoms with Crippen LogP contribution in [0.3, 0.4) is 0 Å². The van der Waals surface area contributed by atoms with E-state index < -0.39 is 5.41 Å². The molecule has 1 saturated heterocycles. The normalized spacial score (nSPS) is 16.9. The Morgan fingerprint density at radius 2 is 1.86 bits per heavy atom. The van der Waals surface area contributed by atoms with Gasteiger partial charge in [0.1, 0.15) is 0 Å². The third-order valence-corrected chi connectivity index (χ3v) is 4.24. The number of piperazine rings is 1. The number of hydrogen-bond acceptors (Lipinski definition) is 4. The fraction of sp³-hybridized carbons (Fsp3) is 0.562. The largest absolute Gasteiger partial charge is 0.469 e. The number of halogens is 1. The molecule has 0 unspecified atom stereocenters. The van der Waals surface area contributed by atoms with Crippen LogP contribution >= 0.6 is 11.6 Å². The lowest BCUT2D eigenvalue weighted by Crippen LogP contribution is -2.50. The first-order valence-corrected chi connectivity index (χ1v) is 7.62. The highest BCUT2D eigenvalue weighted by molar-refractivity contribution is 6.33. The average molecular weight is 311 g/mol. The van der Waals surface area contributed by atoms with Gasteiger partial charge in [0.15, 0.2) is 0 Å². The summed E-state index contributed by atoms with van der Waals surface area (Å²) in [5.41, 5.74) is 0.618. The van der Waals surface area contributed by atoms with E-state index in [2.05, 4.69) is 15.9 Å². The monoisotopic (exact) mass is 310 g/mol. The van der Waals surface area contributed by atoms with Crippen LogP contribution in [0.4, 0.5) is 5.69 Å². The second kappa shape index (κ2) is 6.67. The van der Waals surface area contributed by atoms with E-state index in [4.69, 9.17) is 16.3 Å². The van der Waals surface area contributed by atoms with E-state index in [1.165, 1.54) is 7.11 Å². The minimum absolute atomic E-state index is 0.156. The van der Waals surface area contributed by atoms with Crippen molar-refractivity contribution in [3.05, 3.63) is 29.3 Å². The number of carbonyl (C=O) groups is 1. The quantitative estimate of drug-likeness (QED) is 0.801. The smallest absolute Gasteiger partial charge is 0.312 e. The molecule has 0 radical (unpaired) electrons. The van der Waals surface area contributed by atoms with Crippen molar-refractivity contribution in [1.82, 2.24) is 4.90 Å². The molecule has 4 nitrogen and oxygen atoms in total. The van der Waals surface area contributed by atoms with Crippen molar-refractivity contribution in [1.29, 1.82) is 0 Å². The standard InChI is InChI=1S/C16H23ClN2O2/c1-16(2,15(20)21-3)12-18-8-10-19(11-9-18)14-7-5-4-6-13(14)17/h4-7H,8-12H2,1-3H3. The molecule has 1 heterocycles. The van der Waals surface area contributed by atoms with E-state index in [1.807, 2.05) is 32.0 Å². The SMILES string of the molecule is COC(=O)C(C)(C)CN1CCN(c2ccccc2Cl)CC1. The maximum Gasteiger partial charge on any atom is 0.312 e. The molecular formula is C16H23ClN2O2. The van der Waals surface area contributed by atoms with Crippen molar-refractivity contribution in [2.45, 2.75) is 13.8 Å². The predicted octanol–water partition coefficient (Wildman–Crippen LogP) is 2.66. The topological polar surface area (TPSA) is 32.8 Å². The Morgan fingerprint density at radius 1 is 1.24 bits per heavy atom. The summed E-state index contributed by atoms with van der Waals surface area (Å²) >= 11 is 6.24. The summed E-state index contributed by atoms with van der Waals surface area (Å²) in [4.78, 5) is 16.4. The molecule has 0 amide bonds. The molecule has 116 valence electrons. The van der Waals surface area contributed by atoms with Gasteiger partial charge in [0.2, 0.25) is 0 Å². The van der Waals surface area contributed by atoms with E-state index in [9.17, 15) is 4.79 Å². The zero-order valence-corrected chi connectivity index (χ0v) is 13.7. The van der Waals surface area contributed by atoms with E-state index >= 15 is 0 Å². The summed E-state index contributed by atoms with van der Waals surface area (Å²) in [6.07, 6.45) is 0. The highest BCUT2D eigenvalue weighted by Crippen LogP contribution is 2.27. The number of esters is 1. The van der Waals surface area contributed by atoms with Gasteiger partial charge in [-0.15, -0.1) is 0 Å². The second-order valence-electron chi connectivity index (χ2n) is 6.09. The van der Waals surface area contributed by atoms with Crippen LogP contribution in [0.15, 0.2) is 24.3 Å². The van der Waals surface area contributed by atoms with Crippen molar-refractivity contribution in [2.24, 2.45) is 5.41 Å². The van der Waals surface area contributed by atoms with Gasteiger partial charge in [-0.05, 0) is 26.0 Å². The number of hydrogen-bond donors (Lipinski definition) is 0. The van der Waals surface area contributed by atoms with Gasteiger partial charge in [0, 0.05) is 32.7 Å². The third-order valence-electron chi connectivity index (χ3n) is 3.92. The summed E-state index contributed by atoms with van der Waals surface area (Å²) in [6, 6.07) is 7.93. The van der Waals surface area contributed by atoms with E-state index in [1.54, 1.807) is 0 Å². The molecule has 0 spiro atoms. The minimum Gasteiger partial charge on any atom is -0.469 e. The summed E-state index contributed by atoms with van der Waals surface area (Å²) < 4.78 is 4.87. The molecule has 1 aromatic carbocycles. The summed E-state index contributed by atoms with van der Waals surface area (Å²) in [7, 11) is 1.44. The predicted molar refractivity (Wildman–Crippen MR) is 85.9 cm³/mol. The molecule has 0 atom stereocenters. The van der Waals surface area contributed by atoms with Crippen molar-refractivity contribution < 1.29 is 9.53 Å². The number of para-hydroxylation sites is 1. The van der Waals surface area contributed by atoms with Crippen LogP contribution in [0.25, 0.3) is 0 Å². The molecule has 5 heteroatoms. The van der Waals surface area contributed by atoms with E-state index in [0.717, 1.165) is 43.4 Å². The average Bonchev–Trinajstić information content (AvgIpc) is 2.47. The van der Waals surface area contributed by atoms with Crippen molar-refractivity contribution in [2.75, 3.05) is 44.7 Å². The van der Waals surface area contributed by atoms with Crippen LogP contribution < -0.4 is 4.90 Å². The lowest BCUT2D eigenvalue weighted by Gasteiger charge is -2.39. The Bertz CT molecular complexity index is 497. The number of methoxy groups -OCH3 is 1. The van der Waals surface area contributed by atoms with Gasteiger partial charge in [-0.3, -0.25) is 9.69 Å². The van der Waals surface area contributed by atoms with Gasteiger partial charge in [0.05, 0.1) is 23.2 Å². The molecule has 1 aromatic rings. The van der Waals surface area contributed by atoms with Crippen molar-refractivity contribution in [3.63, 3.8) is 0 Å². The maximum absolute atomic E-state index is 11.8.